The number of rotatable bonds is 4. The molecule has 0 aromatic rings. The maximum absolute atomic E-state index is 12.2. The largest absolute Gasteiger partial charge is 0.394 e. The molecule has 0 spiro atoms. The number of nitrogens with zero attached hydrogens (tertiary/aromatic N) is 1. The molecule has 0 aliphatic carbocycles. The number of aliphatic hydroxyl groups is 1. The Morgan fingerprint density at radius 3 is 2.67 bits per heavy atom. The van der Waals surface area contributed by atoms with Crippen molar-refractivity contribution >= 4 is 5.91 Å². The summed E-state index contributed by atoms with van der Waals surface area (Å²) >= 11 is 0. The van der Waals surface area contributed by atoms with E-state index in [1.54, 1.807) is 4.90 Å². The predicted octanol–water partition coefficient (Wildman–Crippen LogP) is 0.358. The number of ether oxygens (including phenoxy) is 1. The fourth-order valence-corrected chi connectivity index (χ4v) is 2.40. The third-order valence-electron chi connectivity index (χ3n) is 3.04. The van der Waals surface area contributed by atoms with Crippen molar-refractivity contribution < 1.29 is 14.6 Å². The van der Waals surface area contributed by atoms with Gasteiger partial charge in [0.05, 0.1) is 24.4 Å². The maximum Gasteiger partial charge on any atom is 0.239 e. The van der Waals surface area contributed by atoms with E-state index < -0.39 is 11.6 Å². The van der Waals surface area contributed by atoms with Crippen molar-refractivity contribution in [2.75, 3.05) is 19.7 Å². The SMILES string of the molecule is CC(C)CC(N)C(=O)N1CC(CO)OC(C)(C)C1. The molecule has 1 aliphatic rings. The first-order valence-electron chi connectivity index (χ1n) is 6.58. The molecule has 0 bridgehead atoms. The number of amides is 1. The standard InChI is InChI=1S/C13H26N2O3/c1-9(2)5-11(14)12(17)15-6-10(7-16)18-13(3,4)8-15/h9-11,16H,5-8,14H2,1-4H3. The Hall–Kier alpha value is -0.650. The summed E-state index contributed by atoms with van der Waals surface area (Å²) in [6.45, 7) is 8.80. The lowest BCUT2D eigenvalue weighted by atomic mass is 10.0. The summed E-state index contributed by atoms with van der Waals surface area (Å²) in [5, 5.41) is 9.21. The van der Waals surface area contributed by atoms with Crippen LogP contribution in [-0.2, 0) is 9.53 Å². The van der Waals surface area contributed by atoms with Crippen molar-refractivity contribution in [2.24, 2.45) is 11.7 Å². The van der Waals surface area contributed by atoms with Crippen molar-refractivity contribution in [3.05, 3.63) is 0 Å². The van der Waals surface area contributed by atoms with Gasteiger partial charge in [0.2, 0.25) is 5.91 Å². The smallest absolute Gasteiger partial charge is 0.239 e. The van der Waals surface area contributed by atoms with Crippen LogP contribution in [0.3, 0.4) is 0 Å². The average Bonchev–Trinajstić information content (AvgIpc) is 2.24. The van der Waals surface area contributed by atoms with Gasteiger partial charge in [0.15, 0.2) is 0 Å². The fraction of sp³-hybridized carbons (Fsp3) is 0.923. The van der Waals surface area contributed by atoms with Gasteiger partial charge in [-0.2, -0.15) is 0 Å². The van der Waals surface area contributed by atoms with Crippen molar-refractivity contribution in [3.63, 3.8) is 0 Å². The highest BCUT2D eigenvalue weighted by molar-refractivity contribution is 5.81. The molecule has 0 radical (unpaired) electrons. The average molecular weight is 258 g/mol. The molecule has 1 rings (SSSR count). The lowest BCUT2D eigenvalue weighted by molar-refractivity contribution is -0.168. The lowest BCUT2D eigenvalue weighted by Crippen LogP contribution is -2.58. The monoisotopic (exact) mass is 258 g/mol. The summed E-state index contributed by atoms with van der Waals surface area (Å²) in [5.74, 6) is 0.352. The number of morpholine rings is 1. The minimum absolute atomic E-state index is 0.0430. The van der Waals surface area contributed by atoms with Gasteiger partial charge in [-0.3, -0.25) is 4.79 Å². The molecule has 2 atom stereocenters. The van der Waals surface area contributed by atoms with Gasteiger partial charge in [-0.25, -0.2) is 0 Å². The Bertz CT molecular complexity index is 292. The van der Waals surface area contributed by atoms with E-state index in [2.05, 4.69) is 0 Å². The molecule has 1 saturated heterocycles. The van der Waals surface area contributed by atoms with Crippen LogP contribution in [0.2, 0.25) is 0 Å². The molecule has 0 aromatic carbocycles. The molecular weight excluding hydrogens is 232 g/mol. The molecule has 2 unspecified atom stereocenters. The molecule has 18 heavy (non-hydrogen) atoms. The molecule has 1 heterocycles. The zero-order valence-electron chi connectivity index (χ0n) is 11.8. The van der Waals surface area contributed by atoms with Crippen LogP contribution in [0.1, 0.15) is 34.1 Å². The van der Waals surface area contributed by atoms with Gasteiger partial charge < -0.3 is 20.5 Å². The number of carbonyl (C=O) groups is 1. The molecule has 1 fully saturated rings. The van der Waals surface area contributed by atoms with Gasteiger partial charge in [-0.15, -0.1) is 0 Å². The van der Waals surface area contributed by atoms with Crippen LogP contribution in [0.5, 0.6) is 0 Å². The molecule has 1 aliphatic heterocycles. The second-order valence-corrected chi connectivity index (χ2v) is 6.14. The van der Waals surface area contributed by atoms with Crippen LogP contribution in [0, 0.1) is 5.92 Å². The van der Waals surface area contributed by atoms with E-state index in [-0.39, 0.29) is 18.6 Å². The summed E-state index contributed by atoms with van der Waals surface area (Å²) in [6.07, 6.45) is 0.365. The van der Waals surface area contributed by atoms with E-state index in [4.69, 9.17) is 10.5 Å². The zero-order chi connectivity index (χ0) is 13.9. The third kappa shape index (κ3) is 4.23. The van der Waals surface area contributed by atoms with Gasteiger partial charge >= 0.3 is 0 Å². The molecule has 1 amide bonds. The Labute approximate surface area is 109 Å². The molecular formula is C13H26N2O3. The first-order valence-corrected chi connectivity index (χ1v) is 6.58. The fourth-order valence-electron chi connectivity index (χ4n) is 2.40. The van der Waals surface area contributed by atoms with E-state index in [0.29, 0.717) is 25.4 Å². The van der Waals surface area contributed by atoms with E-state index >= 15 is 0 Å². The highest BCUT2D eigenvalue weighted by Gasteiger charge is 2.36. The lowest BCUT2D eigenvalue weighted by Gasteiger charge is -2.43. The Balaban J connectivity index is 2.66. The predicted molar refractivity (Wildman–Crippen MR) is 70.0 cm³/mol. The van der Waals surface area contributed by atoms with Crippen LogP contribution in [0.15, 0.2) is 0 Å². The van der Waals surface area contributed by atoms with E-state index in [1.807, 2.05) is 27.7 Å². The molecule has 3 N–H and O–H groups in total. The van der Waals surface area contributed by atoms with Crippen LogP contribution in [0.25, 0.3) is 0 Å². The second-order valence-electron chi connectivity index (χ2n) is 6.14. The molecule has 0 saturated carbocycles. The van der Waals surface area contributed by atoms with Gasteiger partial charge in [0, 0.05) is 13.1 Å². The highest BCUT2D eigenvalue weighted by atomic mass is 16.5. The second kappa shape index (κ2) is 5.99. The number of nitrogens with two attached hydrogens (primary N) is 1. The van der Waals surface area contributed by atoms with Gasteiger partial charge in [0.1, 0.15) is 0 Å². The van der Waals surface area contributed by atoms with Crippen LogP contribution < -0.4 is 5.73 Å². The van der Waals surface area contributed by atoms with Gasteiger partial charge in [-0.05, 0) is 26.2 Å². The Morgan fingerprint density at radius 2 is 2.17 bits per heavy atom. The van der Waals surface area contributed by atoms with Gasteiger partial charge in [0.25, 0.3) is 0 Å². The molecule has 5 heteroatoms. The maximum atomic E-state index is 12.2. The van der Waals surface area contributed by atoms with Crippen LogP contribution in [-0.4, -0.2) is 53.4 Å². The molecule has 5 nitrogen and oxygen atoms in total. The Morgan fingerprint density at radius 1 is 1.56 bits per heavy atom. The summed E-state index contributed by atoms with van der Waals surface area (Å²) in [4.78, 5) is 14.0. The topological polar surface area (TPSA) is 75.8 Å². The minimum atomic E-state index is -0.460. The zero-order valence-corrected chi connectivity index (χ0v) is 11.8. The first kappa shape index (κ1) is 15.4. The van der Waals surface area contributed by atoms with Crippen LogP contribution >= 0.6 is 0 Å². The highest BCUT2D eigenvalue weighted by Crippen LogP contribution is 2.21. The molecule has 106 valence electrons. The summed E-state index contributed by atoms with van der Waals surface area (Å²) < 4.78 is 5.68. The molecule has 0 aromatic heterocycles. The third-order valence-corrected chi connectivity index (χ3v) is 3.04. The van der Waals surface area contributed by atoms with E-state index in [1.165, 1.54) is 0 Å². The normalized spacial score (nSPS) is 25.3. The van der Waals surface area contributed by atoms with E-state index in [9.17, 15) is 9.90 Å². The Kier molecular flexibility index (Phi) is 5.13. The van der Waals surface area contributed by atoms with Gasteiger partial charge in [-0.1, -0.05) is 13.8 Å². The summed E-state index contributed by atoms with van der Waals surface area (Å²) in [6, 6.07) is -0.460. The van der Waals surface area contributed by atoms with E-state index in [0.717, 1.165) is 0 Å². The van der Waals surface area contributed by atoms with Crippen molar-refractivity contribution in [1.29, 1.82) is 0 Å². The first-order chi connectivity index (χ1) is 8.25. The minimum Gasteiger partial charge on any atom is -0.394 e. The van der Waals surface area contributed by atoms with Crippen molar-refractivity contribution in [2.45, 2.75) is 51.9 Å². The number of carbonyl (C=O) groups excluding carboxylic acids is 1. The van der Waals surface area contributed by atoms with Crippen LogP contribution in [0.4, 0.5) is 0 Å². The summed E-state index contributed by atoms with van der Waals surface area (Å²) in [5.41, 5.74) is 5.50. The number of hydrogen-bond acceptors (Lipinski definition) is 4. The van der Waals surface area contributed by atoms with Crippen molar-refractivity contribution in [1.82, 2.24) is 4.90 Å². The van der Waals surface area contributed by atoms with Crippen molar-refractivity contribution in [3.8, 4) is 0 Å². The number of hydrogen-bond donors (Lipinski definition) is 2. The quantitative estimate of drug-likeness (QED) is 0.763. The number of aliphatic hydroxyl groups excluding tert-OH is 1. The summed E-state index contributed by atoms with van der Waals surface area (Å²) in [7, 11) is 0.